The van der Waals surface area contributed by atoms with Crippen LogP contribution in [0, 0.1) is 5.82 Å². The molecular weight excluding hydrogens is 205 g/mol. The molecule has 2 rings (SSSR count). The van der Waals surface area contributed by atoms with E-state index >= 15 is 0 Å². The molecule has 1 fully saturated rings. The molecule has 2 N–H and O–H groups in total. The Labute approximate surface area is 95.6 Å². The first kappa shape index (κ1) is 11.2. The summed E-state index contributed by atoms with van der Waals surface area (Å²) in [6.07, 6.45) is 5.57. The second-order valence-electron chi connectivity index (χ2n) is 4.80. The van der Waals surface area contributed by atoms with Gasteiger partial charge < -0.3 is 10.5 Å². The predicted molar refractivity (Wildman–Crippen MR) is 62.9 cm³/mol. The molecule has 0 aliphatic heterocycles. The summed E-state index contributed by atoms with van der Waals surface area (Å²) in [7, 11) is 0. The Kier molecular flexibility index (Phi) is 3.03. The summed E-state index contributed by atoms with van der Waals surface area (Å²) in [5.74, 6) is -0.0506. The maximum atomic E-state index is 13.6. The van der Waals surface area contributed by atoms with Crippen LogP contribution in [0.25, 0.3) is 0 Å². The highest BCUT2D eigenvalue weighted by Crippen LogP contribution is 2.33. The number of nitrogens with two attached hydrogens (primary N) is 1. The number of hydrogen-bond donors (Lipinski definition) is 1. The first-order valence-corrected chi connectivity index (χ1v) is 5.83. The summed E-state index contributed by atoms with van der Waals surface area (Å²) in [5.41, 5.74) is 5.71. The van der Waals surface area contributed by atoms with Crippen molar-refractivity contribution in [2.24, 2.45) is 0 Å². The molecule has 3 heteroatoms. The van der Waals surface area contributed by atoms with Gasteiger partial charge in [-0.05, 0) is 44.7 Å². The van der Waals surface area contributed by atoms with E-state index in [-0.39, 0.29) is 11.4 Å². The molecular formula is C13H18FNO. The molecule has 0 aromatic heterocycles. The standard InChI is InChI=1S/C13H18FNO/c1-13(7-3-2-4-8-13)16-12-6-5-10(15)9-11(12)14/h5-6,9H,2-4,7-8,15H2,1H3. The van der Waals surface area contributed by atoms with E-state index in [1.165, 1.54) is 12.5 Å². The van der Waals surface area contributed by atoms with Gasteiger partial charge >= 0.3 is 0 Å². The topological polar surface area (TPSA) is 35.2 Å². The molecule has 1 aromatic carbocycles. The molecule has 1 aromatic rings. The molecule has 0 bridgehead atoms. The highest BCUT2D eigenvalue weighted by molar-refractivity contribution is 5.43. The molecule has 0 atom stereocenters. The Hall–Kier alpha value is -1.25. The molecule has 2 nitrogen and oxygen atoms in total. The Morgan fingerprint density at radius 1 is 1.25 bits per heavy atom. The Balaban J connectivity index is 2.13. The monoisotopic (exact) mass is 223 g/mol. The molecule has 0 heterocycles. The molecule has 0 radical (unpaired) electrons. The summed E-state index contributed by atoms with van der Waals surface area (Å²) in [5, 5.41) is 0. The van der Waals surface area contributed by atoms with Crippen molar-refractivity contribution in [1.29, 1.82) is 0 Å². The second kappa shape index (κ2) is 4.32. The largest absolute Gasteiger partial charge is 0.485 e. The lowest BCUT2D eigenvalue weighted by molar-refractivity contribution is 0.0448. The zero-order valence-corrected chi connectivity index (χ0v) is 9.63. The SMILES string of the molecule is CC1(Oc2ccc(N)cc2F)CCCCC1. The van der Waals surface area contributed by atoms with Crippen LogP contribution in [0.2, 0.25) is 0 Å². The minimum absolute atomic E-state index is 0.213. The van der Waals surface area contributed by atoms with Crippen molar-refractivity contribution in [3.63, 3.8) is 0 Å². The number of anilines is 1. The van der Waals surface area contributed by atoms with Gasteiger partial charge in [-0.1, -0.05) is 6.42 Å². The number of halogens is 1. The maximum Gasteiger partial charge on any atom is 0.167 e. The molecule has 88 valence electrons. The normalized spacial score (nSPS) is 19.4. The van der Waals surface area contributed by atoms with Gasteiger partial charge in [0.05, 0.1) is 0 Å². The minimum Gasteiger partial charge on any atom is -0.485 e. The van der Waals surface area contributed by atoms with Crippen molar-refractivity contribution < 1.29 is 9.13 Å². The van der Waals surface area contributed by atoms with Crippen molar-refractivity contribution in [2.75, 3.05) is 5.73 Å². The van der Waals surface area contributed by atoms with Crippen molar-refractivity contribution in [1.82, 2.24) is 0 Å². The number of ether oxygens (including phenoxy) is 1. The molecule has 0 unspecified atom stereocenters. The van der Waals surface area contributed by atoms with Gasteiger partial charge in [-0.2, -0.15) is 0 Å². The van der Waals surface area contributed by atoms with Gasteiger partial charge in [0.25, 0.3) is 0 Å². The number of benzene rings is 1. The van der Waals surface area contributed by atoms with Gasteiger partial charge in [-0.15, -0.1) is 0 Å². The zero-order chi connectivity index (χ0) is 11.6. The van der Waals surface area contributed by atoms with E-state index in [9.17, 15) is 4.39 Å². The Morgan fingerprint density at radius 2 is 1.94 bits per heavy atom. The molecule has 1 aliphatic rings. The minimum atomic E-state index is -0.369. The summed E-state index contributed by atoms with van der Waals surface area (Å²) in [6, 6.07) is 4.59. The van der Waals surface area contributed by atoms with Crippen LogP contribution in [0.3, 0.4) is 0 Å². The summed E-state index contributed by atoms with van der Waals surface area (Å²) >= 11 is 0. The number of nitrogen functional groups attached to an aromatic ring is 1. The fourth-order valence-corrected chi connectivity index (χ4v) is 2.27. The van der Waals surface area contributed by atoms with Crippen LogP contribution >= 0.6 is 0 Å². The van der Waals surface area contributed by atoms with Crippen LogP contribution < -0.4 is 10.5 Å². The van der Waals surface area contributed by atoms with Gasteiger partial charge in [0.2, 0.25) is 0 Å². The average Bonchev–Trinajstić information content (AvgIpc) is 2.23. The Morgan fingerprint density at radius 3 is 2.56 bits per heavy atom. The average molecular weight is 223 g/mol. The van der Waals surface area contributed by atoms with Gasteiger partial charge in [-0.3, -0.25) is 0 Å². The van der Waals surface area contributed by atoms with E-state index in [2.05, 4.69) is 6.92 Å². The third-order valence-corrected chi connectivity index (χ3v) is 3.22. The van der Waals surface area contributed by atoms with Crippen molar-refractivity contribution in [2.45, 2.75) is 44.6 Å². The van der Waals surface area contributed by atoms with E-state index in [1.807, 2.05) is 0 Å². The van der Waals surface area contributed by atoms with E-state index < -0.39 is 0 Å². The van der Waals surface area contributed by atoms with Gasteiger partial charge in [0.1, 0.15) is 5.60 Å². The molecule has 0 saturated heterocycles. The van der Waals surface area contributed by atoms with Crippen LogP contribution in [0.15, 0.2) is 18.2 Å². The maximum absolute atomic E-state index is 13.6. The highest BCUT2D eigenvalue weighted by atomic mass is 19.1. The molecule has 16 heavy (non-hydrogen) atoms. The van der Waals surface area contributed by atoms with E-state index in [4.69, 9.17) is 10.5 Å². The van der Waals surface area contributed by atoms with Crippen LogP contribution in [0.4, 0.5) is 10.1 Å². The quantitative estimate of drug-likeness (QED) is 0.779. The Bertz CT molecular complexity index is 372. The molecule has 1 saturated carbocycles. The van der Waals surface area contributed by atoms with Gasteiger partial charge in [-0.25, -0.2) is 4.39 Å². The van der Waals surface area contributed by atoms with Crippen LogP contribution in [0.5, 0.6) is 5.75 Å². The van der Waals surface area contributed by atoms with Gasteiger partial charge in [0, 0.05) is 11.8 Å². The lowest BCUT2D eigenvalue weighted by atomic mass is 9.86. The third kappa shape index (κ3) is 2.46. The van der Waals surface area contributed by atoms with Gasteiger partial charge in [0.15, 0.2) is 11.6 Å². The molecule has 0 amide bonds. The van der Waals surface area contributed by atoms with Crippen LogP contribution in [0.1, 0.15) is 39.0 Å². The zero-order valence-electron chi connectivity index (χ0n) is 9.63. The van der Waals surface area contributed by atoms with Crippen LogP contribution in [-0.2, 0) is 0 Å². The number of hydrogen-bond acceptors (Lipinski definition) is 2. The smallest absolute Gasteiger partial charge is 0.167 e. The fourth-order valence-electron chi connectivity index (χ4n) is 2.27. The predicted octanol–water partition coefficient (Wildman–Crippen LogP) is 3.51. The number of rotatable bonds is 2. The molecule has 1 aliphatic carbocycles. The lowest BCUT2D eigenvalue weighted by Gasteiger charge is -2.34. The van der Waals surface area contributed by atoms with Crippen molar-refractivity contribution >= 4 is 5.69 Å². The summed E-state index contributed by atoms with van der Waals surface area (Å²) in [6.45, 7) is 2.06. The highest BCUT2D eigenvalue weighted by Gasteiger charge is 2.29. The van der Waals surface area contributed by atoms with Crippen molar-refractivity contribution in [3.8, 4) is 5.75 Å². The van der Waals surface area contributed by atoms with Crippen molar-refractivity contribution in [3.05, 3.63) is 24.0 Å². The second-order valence-corrected chi connectivity index (χ2v) is 4.80. The van der Waals surface area contributed by atoms with Crippen LogP contribution in [-0.4, -0.2) is 5.60 Å². The van der Waals surface area contributed by atoms with E-state index in [0.717, 1.165) is 25.7 Å². The molecule has 0 spiro atoms. The first-order valence-electron chi connectivity index (χ1n) is 5.83. The fraction of sp³-hybridized carbons (Fsp3) is 0.538. The first-order chi connectivity index (χ1) is 7.59. The van der Waals surface area contributed by atoms with E-state index in [1.54, 1.807) is 12.1 Å². The summed E-state index contributed by atoms with van der Waals surface area (Å²) in [4.78, 5) is 0. The third-order valence-electron chi connectivity index (χ3n) is 3.22. The lowest BCUT2D eigenvalue weighted by Crippen LogP contribution is -2.34. The summed E-state index contributed by atoms with van der Waals surface area (Å²) < 4.78 is 19.4. The van der Waals surface area contributed by atoms with E-state index in [0.29, 0.717) is 11.4 Å².